The highest BCUT2D eigenvalue weighted by Gasteiger charge is 2.57. The Morgan fingerprint density at radius 1 is 1.02 bits per heavy atom. The molecular weight excluding hydrogens is 657 g/mol. The second-order valence-corrected chi connectivity index (χ2v) is 16.6. The Labute approximate surface area is 308 Å². The summed E-state index contributed by atoms with van der Waals surface area (Å²) < 4.78 is 5.31. The van der Waals surface area contributed by atoms with Gasteiger partial charge in [-0.1, -0.05) is 56.0 Å². The summed E-state index contributed by atoms with van der Waals surface area (Å²) in [5.74, 6) is 0.885. The quantitative estimate of drug-likeness (QED) is 0.152. The predicted molar refractivity (Wildman–Crippen MR) is 206 cm³/mol. The van der Waals surface area contributed by atoms with Gasteiger partial charge in [0, 0.05) is 34.0 Å². The third kappa shape index (κ3) is 8.61. The molecule has 4 unspecified atom stereocenters. The number of amides is 2. The molecule has 4 aliphatic carbocycles. The van der Waals surface area contributed by atoms with Crippen LogP contribution < -0.4 is 10.1 Å². The lowest BCUT2D eigenvalue weighted by molar-refractivity contribution is -0.0762. The van der Waals surface area contributed by atoms with Crippen molar-refractivity contribution in [2.24, 2.45) is 11.3 Å². The van der Waals surface area contributed by atoms with Crippen molar-refractivity contribution in [1.82, 2.24) is 4.90 Å². The highest BCUT2D eigenvalue weighted by molar-refractivity contribution is 7.09. The Morgan fingerprint density at radius 2 is 1.80 bits per heavy atom. The van der Waals surface area contributed by atoms with Gasteiger partial charge < -0.3 is 25.2 Å². The molecule has 3 N–H and O–H groups in total. The molecule has 0 radical (unpaired) electrons. The smallest absolute Gasteiger partial charge is 0.321 e. The molecule has 4 atom stereocenters. The molecule has 1 aromatic heterocycles. The Balaban J connectivity index is 1.36. The van der Waals surface area contributed by atoms with E-state index in [1.54, 1.807) is 23.3 Å². The van der Waals surface area contributed by atoms with Crippen molar-refractivity contribution in [3.63, 3.8) is 0 Å². The summed E-state index contributed by atoms with van der Waals surface area (Å²) in [5, 5.41) is 29.1. The van der Waals surface area contributed by atoms with Crippen LogP contribution in [0.3, 0.4) is 0 Å². The number of hydrogen-bond donors (Lipinski definition) is 3. The number of nitrogens with zero attached hydrogens (tertiary/aromatic N) is 1. The van der Waals surface area contributed by atoms with Crippen LogP contribution in [0.5, 0.6) is 5.75 Å². The number of thiophene rings is 1. The van der Waals surface area contributed by atoms with Crippen LogP contribution in [0.4, 0.5) is 10.5 Å². The van der Waals surface area contributed by atoms with Crippen LogP contribution in [-0.4, -0.2) is 58.8 Å². The molecule has 0 spiro atoms. The number of carbonyl (C=O) groups is 2. The molecule has 2 aromatic carbocycles. The normalized spacial score (nSPS) is 25.8. The minimum Gasteiger partial charge on any atom is -0.497 e. The number of allylic oxidation sites excluding steroid dienone is 2. The van der Waals surface area contributed by atoms with E-state index in [-0.39, 0.29) is 30.2 Å². The number of methoxy groups -OCH3 is 1. The molecule has 3 aromatic rings. The van der Waals surface area contributed by atoms with E-state index in [0.717, 1.165) is 61.6 Å². The molecule has 7 rings (SSSR count). The van der Waals surface area contributed by atoms with Gasteiger partial charge in [-0.15, -0.1) is 11.3 Å². The maximum Gasteiger partial charge on any atom is 0.321 e. The zero-order valence-electron chi connectivity index (χ0n) is 30.7. The average molecular weight is 713 g/mol. The first-order valence-corrected chi connectivity index (χ1v) is 19.9. The maximum atomic E-state index is 14.4. The Morgan fingerprint density at radius 3 is 2.53 bits per heavy atom. The van der Waals surface area contributed by atoms with E-state index >= 15 is 0 Å². The van der Waals surface area contributed by atoms with Gasteiger partial charge in [-0.2, -0.15) is 0 Å². The molecule has 51 heavy (non-hydrogen) atoms. The van der Waals surface area contributed by atoms with E-state index in [2.05, 4.69) is 54.9 Å². The van der Waals surface area contributed by atoms with Crippen molar-refractivity contribution in [3.05, 3.63) is 93.2 Å². The maximum absolute atomic E-state index is 14.4. The van der Waals surface area contributed by atoms with Crippen LogP contribution in [0.25, 0.3) is 0 Å². The van der Waals surface area contributed by atoms with E-state index in [0.29, 0.717) is 50.1 Å². The number of urea groups is 1. The van der Waals surface area contributed by atoms with Crippen molar-refractivity contribution in [1.29, 1.82) is 0 Å². The molecular formula is C43H56N2O5S. The molecule has 8 heteroatoms. The number of ketones is 1. The van der Waals surface area contributed by atoms with Gasteiger partial charge in [0.1, 0.15) is 5.75 Å². The number of benzene rings is 2. The number of Topliss-reactive ketones (excluding diaryl/α,β-unsaturated/α-hetero) is 1. The number of rotatable bonds is 9. The number of anilines is 1. The zero-order valence-corrected chi connectivity index (χ0v) is 31.5. The monoisotopic (exact) mass is 712 g/mol. The molecule has 2 saturated carbocycles. The largest absolute Gasteiger partial charge is 0.497 e. The average Bonchev–Trinajstić information content (AvgIpc) is 3.75. The van der Waals surface area contributed by atoms with Gasteiger partial charge in [-0.05, 0) is 130 Å². The van der Waals surface area contributed by atoms with Crippen LogP contribution in [0.15, 0.2) is 71.6 Å². The highest BCUT2D eigenvalue weighted by atomic mass is 32.1. The lowest BCUT2D eigenvalue weighted by Gasteiger charge is -2.46. The highest BCUT2D eigenvalue weighted by Crippen LogP contribution is 2.59. The molecule has 1 heterocycles. The number of aliphatic hydroxyl groups is 2. The third-order valence-corrected chi connectivity index (χ3v) is 13.1. The minimum absolute atomic E-state index is 0.0167. The van der Waals surface area contributed by atoms with Crippen molar-refractivity contribution < 1.29 is 24.5 Å². The molecule has 0 saturated heterocycles. The van der Waals surface area contributed by atoms with Gasteiger partial charge in [0.15, 0.2) is 5.78 Å². The van der Waals surface area contributed by atoms with Crippen LogP contribution in [-0.2, 0) is 12.8 Å². The van der Waals surface area contributed by atoms with E-state index in [1.807, 2.05) is 30.3 Å². The minimum atomic E-state index is -1.19. The molecule has 2 fully saturated rings. The van der Waals surface area contributed by atoms with Gasteiger partial charge in [-0.25, -0.2) is 4.79 Å². The van der Waals surface area contributed by atoms with Crippen molar-refractivity contribution in [2.75, 3.05) is 25.5 Å². The van der Waals surface area contributed by atoms with Gasteiger partial charge in [-0.3, -0.25) is 4.79 Å². The number of hydrogen-bond acceptors (Lipinski definition) is 6. The fraction of sp³-hybridized carbons (Fsp3) is 0.535. The SMILES string of the molecule is COc1ccc(NC(=O)N(CCc2cccs2)CC2(O)CCC3c4ccc(cc4C(=O)C4CCCCC4)CC(O)CCC(C)=CCCC32C)cc1. The number of fused-ring (bicyclic) bond motifs is 8. The van der Waals surface area contributed by atoms with Crippen LogP contribution in [0, 0.1) is 11.3 Å². The second kappa shape index (κ2) is 16.5. The van der Waals surface area contributed by atoms with E-state index in [1.165, 1.54) is 16.9 Å². The van der Waals surface area contributed by atoms with Crippen LogP contribution in [0.2, 0.25) is 0 Å². The van der Waals surface area contributed by atoms with Gasteiger partial charge in [0.05, 0.1) is 25.4 Å². The van der Waals surface area contributed by atoms with Crippen molar-refractivity contribution in [2.45, 2.75) is 115 Å². The molecule has 7 nitrogen and oxygen atoms in total. The topological polar surface area (TPSA) is 99.1 Å². The first-order valence-electron chi connectivity index (χ1n) is 19.0. The number of carbonyl (C=O) groups excluding carboxylic acids is 2. The fourth-order valence-electron chi connectivity index (χ4n) is 8.94. The summed E-state index contributed by atoms with van der Waals surface area (Å²) in [4.78, 5) is 31.5. The van der Waals surface area contributed by atoms with Crippen molar-refractivity contribution in [3.8, 4) is 5.75 Å². The summed E-state index contributed by atoms with van der Waals surface area (Å²) in [6.45, 7) is 4.98. The van der Waals surface area contributed by atoms with Gasteiger partial charge in [0.2, 0.25) is 0 Å². The van der Waals surface area contributed by atoms with Crippen LogP contribution >= 0.6 is 11.3 Å². The molecule has 2 bridgehead atoms. The lowest BCUT2D eigenvalue weighted by atomic mass is 9.64. The van der Waals surface area contributed by atoms with E-state index in [4.69, 9.17) is 4.74 Å². The third-order valence-electron chi connectivity index (χ3n) is 12.2. The standard InChI is InChI=1S/C43H56N2O5S/c1-30-9-7-23-42(2)39(37-20-14-31(27-34(46)17-13-30)28-38(37)40(47)32-10-5-4-6-11-32)21-24-43(42,49)29-45(25-22-36-12-8-26-51-36)41(48)44-33-15-18-35(50-3)19-16-33/h8-9,12,14-16,18-20,26,28,32,34,39,46,49H,4-7,10-11,13,17,21-25,27,29H2,1-3H3,(H,44,48). The Bertz CT molecular complexity index is 1660. The van der Waals surface area contributed by atoms with Crippen LogP contribution in [0.1, 0.15) is 117 Å². The van der Waals surface area contributed by atoms with E-state index < -0.39 is 17.1 Å². The number of aliphatic hydroxyl groups excluding tert-OH is 1. The number of nitrogens with one attached hydrogen (secondary N) is 1. The first-order chi connectivity index (χ1) is 24.6. The van der Waals surface area contributed by atoms with E-state index in [9.17, 15) is 19.8 Å². The second-order valence-electron chi connectivity index (χ2n) is 15.6. The summed E-state index contributed by atoms with van der Waals surface area (Å²) >= 11 is 1.67. The predicted octanol–water partition coefficient (Wildman–Crippen LogP) is 9.34. The number of ether oxygens (including phenoxy) is 1. The molecule has 4 aliphatic rings. The lowest BCUT2D eigenvalue weighted by Crippen LogP contribution is -2.54. The summed E-state index contributed by atoms with van der Waals surface area (Å²) in [5.41, 5.74) is 2.90. The Kier molecular flexibility index (Phi) is 12.1. The summed E-state index contributed by atoms with van der Waals surface area (Å²) in [7, 11) is 1.62. The van der Waals surface area contributed by atoms with Gasteiger partial charge in [0.25, 0.3) is 0 Å². The molecule has 2 amide bonds. The fourth-order valence-corrected chi connectivity index (χ4v) is 9.64. The zero-order chi connectivity index (χ0) is 36.0. The summed E-state index contributed by atoms with van der Waals surface area (Å²) in [6, 6.07) is 17.5. The van der Waals surface area contributed by atoms with Crippen molar-refractivity contribution >= 4 is 28.8 Å². The summed E-state index contributed by atoms with van der Waals surface area (Å²) in [6.07, 6.45) is 12.4. The van der Waals surface area contributed by atoms with Gasteiger partial charge >= 0.3 is 6.03 Å². The molecule has 0 aliphatic heterocycles. The first kappa shape index (κ1) is 37.3. The molecule has 274 valence electrons. The Hall–Kier alpha value is -3.46.